The summed E-state index contributed by atoms with van der Waals surface area (Å²) in [6.45, 7) is 6.65. The van der Waals surface area contributed by atoms with Gasteiger partial charge in [-0.3, -0.25) is 0 Å². The van der Waals surface area contributed by atoms with Gasteiger partial charge in [0, 0.05) is 55.4 Å². The van der Waals surface area contributed by atoms with Crippen LogP contribution in [0.1, 0.15) is 5.69 Å². The van der Waals surface area contributed by atoms with E-state index in [1.54, 1.807) is 4.52 Å². The molecule has 0 bridgehead atoms. The number of piperazine rings is 1. The predicted molar refractivity (Wildman–Crippen MR) is 144 cm³/mol. The van der Waals surface area contributed by atoms with Gasteiger partial charge in [-0.05, 0) is 43.3 Å². The zero-order valence-corrected chi connectivity index (χ0v) is 21.0. The fourth-order valence-corrected chi connectivity index (χ4v) is 4.95. The number of aromatic nitrogens is 6. The molecule has 2 aliphatic heterocycles. The quantitative estimate of drug-likeness (QED) is 0.362. The van der Waals surface area contributed by atoms with Crippen LogP contribution >= 0.6 is 0 Å². The Kier molecular flexibility index (Phi) is 5.49. The molecule has 0 radical (unpaired) electrons. The van der Waals surface area contributed by atoms with Crippen molar-refractivity contribution in [3.8, 4) is 34.1 Å². The maximum Gasteiger partial charge on any atom is 0.252 e. The Labute approximate surface area is 219 Å². The molecule has 5 heterocycles. The molecule has 0 aliphatic carbocycles. The first-order valence-corrected chi connectivity index (χ1v) is 12.7. The van der Waals surface area contributed by atoms with Crippen LogP contribution in [0.25, 0.3) is 28.4 Å². The maximum absolute atomic E-state index is 5.73. The topological polar surface area (TPSA) is 93.8 Å². The first kappa shape index (κ1) is 22.5. The van der Waals surface area contributed by atoms with Crippen LogP contribution in [-0.2, 0) is 0 Å². The van der Waals surface area contributed by atoms with Gasteiger partial charge in [-0.2, -0.15) is 4.98 Å². The minimum atomic E-state index is 0.530. The zero-order chi connectivity index (χ0) is 25.5. The molecule has 0 atom stereocenters. The third-order valence-electron chi connectivity index (χ3n) is 7.01. The van der Waals surface area contributed by atoms with Crippen LogP contribution < -0.4 is 19.3 Å². The van der Waals surface area contributed by atoms with Gasteiger partial charge >= 0.3 is 0 Å². The average molecular weight is 507 g/mol. The van der Waals surface area contributed by atoms with E-state index in [0.717, 1.165) is 60.4 Å². The monoisotopic (exact) mass is 506 g/mol. The first-order chi connectivity index (χ1) is 18.7. The molecule has 0 N–H and O–H groups in total. The van der Waals surface area contributed by atoms with Crippen molar-refractivity contribution in [3.63, 3.8) is 0 Å². The summed E-state index contributed by atoms with van der Waals surface area (Å²) in [6, 6.07) is 18.2. The van der Waals surface area contributed by atoms with E-state index in [1.165, 1.54) is 5.69 Å². The number of fused-ring (bicyclic) bond motifs is 2. The molecule has 10 heteroatoms. The highest BCUT2D eigenvalue weighted by Gasteiger charge is 2.21. The van der Waals surface area contributed by atoms with Crippen molar-refractivity contribution in [1.82, 2.24) is 29.5 Å². The number of hydrogen-bond donors (Lipinski definition) is 0. The molecule has 10 nitrogen and oxygen atoms in total. The number of para-hydroxylation sites is 1. The number of benzene rings is 2. The standard InChI is InChI=1S/C28H26N8O2/c1-19-22(18-30-28-32-26(33-36(19)28)20-7-8-24-25(17-20)38-16-15-37-24)23-9-10-29-27(31-23)35-13-11-34(12-14-35)21-5-3-2-4-6-21/h2-10,17-18H,11-16H2,1H3. The van der Waals surface area contributed by atoms with Gasteiger partial charge in [0.25, 0.3) is 5.78 Å². The van der Waals surface area contributed by atoms with Crippen molar-refractivity contribution in [2.24, 2.45) is 0 Å². The molecule has 2 aromatic carbocycles. The van der Waals surface area contributed by atoms with Crippen LogP contribution in [-0.4, -0.2) is 68.9 Å². The molecule has 0 spiro atoms. The van der Waals surface area contributed by atoms with Gasteiger partial charge in [-0.25, -0.2) is 19.5 Å². The Hall–Kier alpha value is -4.73. The zero-order valence-electron chi connectivity index (χ0n) is 21.0. The molecule has 5 aromatic rings. The lowest BCUT2D eigenvalue weighted by atomic mass is 10.2. The van der Waals surface area contributed by atoms with Crippen molar-refractivity contribution in [1.29, 1.82) is 0 Å². The third kappa shape index (κ3) is 4.03. The van der Waals surface area contributed by atoms with E-state index in [-0.39, 0.29) is 0 Å². The summed E-state index contributed by atoms with van der Waals surface area (Å²) < 4.78 is 13.1. The predicted octanol–water partition coefficient (Wildman–Crippen LogP) is 3.65. The Morgan fingerprint density at radius 3 is 2.42 bits per heavy atom. The highest BCUT2D eigenvalue weighted by molar-refractivity contribution is 5.66. The number of rotatable bonds is 4. The lowest BCUT2D eigenvalue weighted by Crippen LogP contribution is -2.47. The minimum absolute atomic E-state index is 0.530. The van der Waals surface area contributed by atoms with Crippen molar-refractivity contribution in [2.75, 3.05) is 49.2 Å². The second-order valence-electron chi connectivity index (χ2n) is 9.31. The van der Waals surface area contributed by atoms with Gasteiger partial charge in [0.15, 0.2) is 17.3 Å². The molecule has 0 unspecified atom stereocenters. The van der Waals surface area contributed by atoms with Gasteiger partial charge in [-0.15, -0.1) is 5.10 Å². The van der Waals surface area contributed by atoms with Crippen molar-refractivity contribution >= 4 is 17.4 Å². The largest absolute Gasteiger partial charge is 0.486 e. The van der Waals surface area contributed by atoms with Crippen LogP contribution in [0.3, 0.4) is 0 Å². The Bertz CT molecular complexity index is 1610. The van der Waals surface area contributed by atoms with Crippen molar-refractivity contribution < 1.29 is 9.47 Å². The summed E-state index contributed by atoms with van der Waals surface area (Å²) in [6.07, 6.45) is 3.62. The summed E-state index contributed by atoms with van der Waals surface area (Å²) in [5, 5.41) is 4.75. The third-order valence-corrected chi connectivity index (χ3v) is 7.01. The fraction of sp³-hybridized carbons (Fsp3) is 0.250. The van der Waals surface area contributed by atoms with Crippen molar-refractivity contribution in [3.05, 3.63) is 72.7 Å². The lowest BCUT2D eigenvalue weighted by molar-refractivity contribution is 0.171. The molecule has 2 aliphatic rings. The normalized spacial score (nSPS) is 15.2. The Morgan fingerprint density at radius 1 is 0.789 bits per heavy atom. The fourth-order valence-electron chi connectivity index (χ4n) is 4.95. The Morgan fingerprint density at radius 2 is 1.58 bits per heavy atom. The lowest BCUT2D eigenvalue weighted by Gasteiger charge is -2.36. The summed E-state index contributed by atoms with van der Waals surface area (Å²) in [7, 11) is 0. The first-order valence-electron chi connectivity index (χ1n) is 12.7. The summed E-state index contributed by atoms with van der Waals surface area (Å²) in [5.41, 5.74) is 4.70. The molecule has 1 fully saturated rings. The van der Waals surface area contributed by atoms with Gasteiger partial charge < -0.3 is 19.3 Å². The number of nitrogens with zero attached hydrogens (tertiary/aromatic N) is 8. The second kappa shape index (κ2) is 9.29. The number of anilines is 2. The summed E-state index contributed by atoms with van der Waals surface area (Å²) in [4.78, 5) is 23.4. The molecular weight excluding hydrogens is 480 g/mol. The van der Waals surface area contributed by atoms with E-state index >= 15 is 0 Å². The average Bonchev–Trinajstić information content (AvgIpc) is 3.43. The summed E-state index contributed by atoms with van der Waals surface area (Å²) in [5.74, 6) is 3.28. The molecule has 38 heavy (non-hydrogen) atoms. The minimum Gasteiger partial charge on any atom is -0.486 e. The van der Waals surface area contributed by atoms with Crippen molar-refractivity contribution in [2.45, 2.75) is 6.92 Å². The van der Waals surface area contributed by atoms with Crippen LogP contribution in [0.5, 0.6) is 11.5 Å². The molecule has 0 saturated carbocycles. The van der Waals surface area contributed by atoms with E-state index in [1.807, 2.05) is 49.6 Å². The van der Waals surface area contributed by atoms with E-state index < -0.39 is 0 Å². The highest BCUT2D eigenvalue weighted by Crippen LogP contribution is 2.34. The molecule has 7 rings (SSSR count). The van der Waals surface area contributed by atoms with E-state index in [2.05, 4.69) is 49.0 Å². The van der Waals surface area contributed by atoms with Gasteiger partial charge in [-0.1, -0.05) is 18.2 Å². The maximum atomic E-state index is 5.73. The molecule has 190 valence electrons. The SMILES string of the molecule is Cc1c(-c2ccnc(N3CCN(c4ccccc4)CC3)n2)cnc2nc(-c3ccc4c(c3)OCCO4)nn12. The van der Waals surface area contributed by atoms with Crippen LogP contribution in [0.15, 0.2) is 67.0 Å². The van der Waals surface area contributed by atoms with Crippen LogP contribution in [0.4, 0.5) is 11.6 Å². The van der Waals surface area contributed by atoms with E-state index in [9.17, 15) is 0 Å². The summed E-state index contributed by atoms with van der Waals surface area (Å²) >= 11 is 0. The molecule has 3 aromatic heterocycles. The second-order valence-corrected chi connectivity index (χ2v) is 9.31. The van der Waals surface area contributed by atoms with Gasteiger partial charge in [0.2, 0.25) is 5.95 Å². The number of hydrogen-bond acceptors (Lipinski definition) is 9. The highest BCUT2D eigenvalue weighted by atomic mass is 16.6. The number of aryl methyl sites for hydroxylation is 1. The van der Waals surface area contributed by atoms with Gasteiger partial charge in [0.05, 0.1) is 11.4 Å². The van der Waals surface area contributed by atoms with Gasteiger partial charge in [0.1, 0.15) is 13.2 Å². The van der Waals surface area contributed by atoms with Crippen LogP contribution in [0, 0.1) is 6.92 Å². The van der Waals surface area contributed by atoms with E-state index in [0.29, 0.717) is 30.6 Å². The molecule has 1 saturated heterocycles. The Balaban J connectivity index is 1.15. The molecular formula is C28H26N8O2. The smallest absolute Gasteiger partial charge is 0.252 e. The van der Waals surface area contributed by atoms with Crippen LogP contribution in [0.2, 0.25) is 0 Å². The molecule has 0 amide bonds. The van der Waals surface area contributed by atoms with E-state index in [4.69, 9.17) is 19.6 Å². The number of ether oxygens (including phenoxy) is 2.